The lowest BCUT2D eigenvalue weighted by atomic mass is 10.0. The number of halogens is 1. The Morgan fingerprint density at radius 1 is 1.09 bits per heavy atom. The Morgan fingerprint density at radius 2 is 1.82 bits per heavy atom. The summed E-state index contributed by atoms with van der Waals surface area (Å²) in [7, 11) is 0. The van der Waals surface area contributed by atoms with Gasteiger partial charge in [0.1, 0.15) is 17.6 Å². The van der Waals surface area contributed by atoms with Gasteiger partial charge in [-0.1, -0.05) is 78.0 Å². The fourth-order valence-corrected chi connectivity index (χ4v) is 4.97. The van der Waals surface area contributed by atoms with Crippen LogP contribution in [0.2, 0.25) is 5.02 Å². The fourth-order valence-electron chi connectivity index (χ4n) is 3.70. The molecule has 0 radical (unpaired) electrons. The fraction of sp³-hybridized carbons (Fsp3) is 0.160. The van der Waals surface area contributed by atoms with Crippen LogP contribution in [-0.2, 0) is 11.4 Å². The summed E-state index contributed by atoms with van der Waals surface area (Å²) < 4.78 is 7.68. The van der Waals surface area contributed by atoms with E-state index >= 15 is 0 Å². The molecule has 2 atom stereocenters. The molecule has 2 N–H and O–H groups in total. The molecular formula is C25H22ClN5O2S. The van der Waals surface area contributed by atoms with Crippen LogP contribution in [0.15, 0.2) is 84.0 Å². The second kappa shape index (κ2) is 9.79. The minimum absolute atomic E-state index is 0.145. The molecule has 4 aromatic rings. The Labute approximate surface area is 206 Å². The average Bonchev–Trinajstić information content (AvgIpc) is 3.27. The van der Waals surface area contributed by atoms with Crippen LogP contribution in [0.1, 0.15) is 23.0 Å². The van der Waals surface area contributed by atoms with Crippen LogP contribution < -0.4 is 15.5 Å². The third-order valence-corrected chi connectivity index (χ3v) is 6.94. The number of amides is 1. The van der Waals surface area contributed by atoms with Gasteiger partial charge in [0.05, 0.1) is 6.04 Å². The molecule has 2 heterocycles. The molecule has 3 aromatic carbocycles. The minimum atomic E-state index is -0.486. The Bertz CT molecular complexity index is 1300. The molecule has 34 heavy (non-hydrogen) atoms. The van der Waals surface area contributed by atoms with Crippen molar-refractivity contribution in [2.24, 2.45) is 0 Å². The van der Waals surface area contributed by atoms with Gasteiger partial charge < -0.3 is 15.5 Å². The van der Waals surface area contributed by atoms with Gasteiger partial charge in [0, 0.05) is 10.7 Å². The molecule has 0 aliphatic carbocycles. The van der Waals surface area contributed by atoms with Gasteiger partial charge in [0.15, 0.2) is 5.82 Å². The number of anilines is 1. The van der Waals surface area contributed by atoms with E-state index in [1.165, 1.54) is 11.8 Å². The lowest BCUT2D eigenvalue weighted by molar-refractivity contribution is -0.116. The molecule has 0 bridgehead atoms. The number of aromatic nitrogens is 3. The maximum absolute atomic E-state index is 13.4. The predicted octanol–water partition coefficient (Wildman–Crippen LogP) is 5.22. The van der Waals surface area contributed by atoms with Crippen molar-refractivity contribution in [1.82, 2.24) is 14.9 Å². The monoisotopic (exact) mass is 491 g/mol. The van der Waals surface area contributed by atoms with Crippen LogP contribution in [0, 0.1) is 6.92 Å². The first-order chi connectivity index (χ1) is 16.6. The van der Waals surface area contributed by atoms with E-state index in [1.54, 1.807) is 16.8 Å². The molecule has 7 nitrogen and oxygen atoms in total. The number of benzene rings is 3. The number of thioether (sulfide) groups is 1. The molecule has 1 aromatic heterocycles. The highest BCUT2D eigenvalue weighted by atomic mass is 35.5. The SMILES string of the molecule is Cc1ccc(Cl)cc1NC(=O)[C@@H]1Sc2nnc(COc3ccccc3)n2N[C@@H]1c1ccccc1. The van der Waals surface area contributed by atoms with E-state index in [2.05, 4.69) is 20.9 Å². The maximum Gasteiger partial charge on any atom is 0.240 e. The van der Waals surface area contributed by atoms with E-state index in [9.17, 15) is 4.79 Å². The lowest BCUT2D eigenvalue weighted by Gasteiger charge is -2.33. The van der Waals surface area contributed by atoms with Crippen LogP contribution in [-0.4, -0.2) is 26.0 Å². The van der Waals surface area contributed by atoms with Gasteiger partial charge in [0.2, 0.25) is 11.1 Å². The maximum atomic E-state index is 13.4. The zero-order chi connectivity index (χ0) is 23.5. The number of hydrogen-bond acceptors (Lipinski definition) is 6. The number of aryl methyl sites for hydroxylation is 1. The summed E-state index contributed by atoms with van der Waals surface area (Å²) in [6.07, 6.45) is 0. The van der Waals surface area contributed by atoms with Crippen molar-refractivity contribution in [2.45, 2.75) is 30.0 Å². The van der Waals surface area contributed by atoms with E-state index < -0.39 is 5.25 Å². The molecule has 5 rings (SSSR count). The molecular weight excluding hydrogens is 470 g/mol. The van der Waals surface area contributed by atoms with E-state index in [-0.39, 0.29) is 18.6 Å². The van der Waals surface area contributed by atoms with Crippen molar-refractivity contribution in [3.63, 3.8) is 0 Å². The summed E-state index contributed by atoms with van der Waals surface area (Å²) in [5, 5.41) is 12.3. The quantitative estimate of drug-likeness (QED) is 0.385. The smallest absolute Gasteiger partial charge is 0.240 e. The number of ether oxygens (including phenoxy) is 1. The van der Waals surface area contributed by atoms with Crippen molar-refractivity contribution in [3.05, 3.63) is 101 Å². The van der Waals surface area contributed by atoms with Gasteiger partial charge in [-0.15, -0.1) is 10.2 Å². The number of rotatable bonds is 6. The Kier molecular flexibility index (Phi) is 6.42. The van der Waals surface area contributed by atoms with Crippen molar-refractivity contribution in [2.75, 3.05) is 10.7 Å². The molecule has 1 aliphatic heterocycles. The lowest BCUT2D eigenvalue weighted by Crippen LogP contribution is -2.41. The van der Waals surface area contributed by atoms with E-state index in [0.29, 0.717) is 21.7 Å². The predicted molar refractivity (Wildman–Crippen MR) is 134 cm³/mol. The zero-order valence-corrected chi connectivity index (χ0v) is 19.9. The van der Waals surface area contributed by atoms with Crippen LogP contribution in [0.25, 0.3) is 0 Å². The highest BCUT2D eigenvalue weighted by Crippen LogP contribution is 2.38. The van der Waals surface area contributed by atoms with Crippen molar-refractivity contribution >= 4 is 35.0 Å². The number of fused-ring (bicyclic) bond motifs is 1. The topological polar surface area (TPSA) is 81.1 Å². The third kappa shape index (κ3) is 4.73. The van der Waals surface area contributed by atoms with Gasteiger partial charge in [-0.25, -0.2) is 4.68 Å². The Balaban J connectivity index is 1.42. The molecule has 0 saturated heterocycles. The largest absolute Gasteiger partial charge is 0.486 e. The molecule has 1 amide bonds. The first-order valence-electron chi connectivity index (χ1n) is 10.8. The van der Waals surface area contributed by atoms with E-state index in [1.807, 2.05) is 73.7 Å². The van der Waals surface area contributed by atoms with Gasteiger partial charge in [0.25, 0.3) is 0 Å². The summed E-state index contributed by atoms with van der Waals surface area (Å²) in [6.45, 7) is 2.17. The Hall–Kier alpha value is -3.49. The molecule has 0 saturated carbocycles. The molecule has 0 spiro atoms. The van der Waals surface area contributed by atoms with Crippen LogP contribution in [0.4, 0.5) is 5.69 Å². The zero-order valence-electron chi connectivity index (χ0n) is 18.3. The number of hydrogen-bond donors (Lipinski definition) is 2. The number of para-hydroxylation sites is 1. The van der Waals surface area contributed by atoms with Crippen molar-refractivity contribution < 1.29 is 9.53 Å². The van der Waals surface area contributed by atoms with Gasteiger partial charge in [-0.2, -0.15) is 0 Å². The third-order valence-electron chi connectivity index (χ3n) is 5.49. The van der Waals surface area contributed by atoms with Gasteiger partial charge in [-0.05, 0) is 42.3 Å². The molecule has 172 valence electrons. The molecule has 0 unspecified atom stereocenters. The standard InChI is InChI=1S/C25H22ClN5O2S/c1-16-12-13-18(26)14-20(16)27-24(32)23-22(17-8-4-2-5-9-17)30-31-21(28-29-25(31)34-23)15-33-19-10-6-3-7-11-19/h2-14,22-23,30H,15H2,1H3,(H,27,32)/t22-,23-/m1/s1. The minimum Gasteiger partial charge on any atom is -0.486 e. The molecule has 1 aliphatic rings. The summed E-state index contributed by atoms with van der Waals surface area (Å²) in [5.74, 6) is 1.22. The number of nitrogens with one attached hydrogen (secondary N) is 2. The number of carbonyl (C=O) groups excluding carboxylic acids is 1. The second-order valence-corrected chi connectivity index (χ2v) is 9.39. The number of carbonyl (C=O) groups is 1. The Morgan fingerprint density at radius 3 is 2.59 bits per heavy atom. The van der Waals surface area contributed by atoms with Crippen molar-refractivity contribution in [1.29, 1.82) is 0 Å². The van der Waals surface area contributed by atoms with Gasteiger partial charge >= 0.3 is 0 Å². The summed E-state index contributed by atoms with van der Waals surface area (Å²) >= 11 is 7.52. The highest BCUT2D eigenvalue weighted by Gasteiger charge is 2.38. The first-order valence-corrected chi connectivity index (χ1v) is 12.0. The summed E-state index contributed by atoms with van der Waals surface area (Å²) in [6, 6.07) is 24.5. The van der Waals surface area contributed by atoms with E-state index in [4.69, 9.17) is 16.3 Å². The molecule has 9 heteroatoms. The van der Waals surface area contributed by atoms with E-state index in [0.717, 1.165) is 16.9 Å². The van der Waals surface area contributed by atoms with Crippen LogP contribution >= 0.6 is 23.4 Å². The van der Waals surface area contributed by atoms with Gasteiger partial charge in [-0.3, -0.25) is 4.79 Å². The normalized spacial score (nSPS) is 16.9. The first kappa shape index (κ1) is 22.3. The molecule has 0 fully saturated rings. The number of nitrogens with zero attached hydrogens (tertiary/aromatic N) is 3. The van der Waals surface area contributed by atoms with Crippen LogP contribution in [0.3, 0.4) is 0 Å². The average molecular weight is 492 g/mol. The second-order valence-electron chi connectivity index (χ2n) is 7.84. The summed E-state index contributed by atoms with van der Waals surface area (Å²) in [4.78, 5) is 13.4. The van der Waals surface area contributed by atoms with Crippen LogP contribution in [0.5, 0.6) is 5.75 Å². The highest BCUT2D eigenvalue weighted by molar-refractivity contribution is 8.00. The van der Waals surface area contributed by atoms with Crippen molar-refractivity contribution in [3.8, 4) is 5.75 Å². The summed E-state index contributed by atoms with van der Waals surface area (Å²) in [5.41, 5.74) is 6.05.